The van der Waals surface area contributed by atoms with Gasteiger partial charge in [-0.1, -0.05) is 12.8 Å². The van der Waals surface area contributed by atoms with Gasteiger partial charge in [0.25, 0.3) is 0 Å². The van der Waals surface area contributed by atoms with Crippen LogP contribution in [0.15, 0.2) is 10.9 Å². The van der Waals surface area contributed by atoms with Crippen molar-refractivity contribution < 1.29 is 4.79 Å². The molecule has 0 aliphatic carbocycles. The number of nitrogens with zero attached hydrogens (tertiary/aromatic N) is 1. The molecule has 5 heteroatoms. The van der Waals surface area contributed by atoms with E-state index in [9.17, 15) is 4.79 Å². The van der Waals surface area contributed by atoms with Crippen LogP contribution in [0.3, 0.4) is 0 Å². The fraction of sp³-hybridized carbons (Fsp3) is 0.636. The normalized spacial score (nSPS) is 10.3. The Balaban J connectivity index is 1.99. The second-order valence-corrected chi connectivity index (χ2v) is 4.43. The number of nitrogens with two attached hydrogens (primary N) is 1. The highest BCUT2D eigenvalue weighted by Gasteiger charge is 2.01. The Bertz CT molecular complexity index is 287. The number of rotatable bonds is 8. The molecule has 0 radical (unpaired) electrons. The van der Waals surface area contributed by atoms with Gasteiger partial charge in [0, 0.05) is 11.8 Å². The van der Waals surface area contributed by atoms with Crippen LogP contribution in [0.25, 0.3) is 0 Å². The van der Waals surface area contributed by atoms with Gasteiger partial charge in [0.05, 0.1) is 17.7 Å². The van der Waals surface area contributed by atoms with Gasteiger partial charge in [0.1, 0.15) is 0 Å². The summed E-state index contributed by atoms with van der Waals surface area (Å²) in [6.45, 7) is 1.29. The van der Waals surface area contributed by atoms with Crippen LogP contribution in [-0.4, -0.2) is 17.4 Å². The van der Waals surface area contributed by atoms with Gasteiger partial charge in [-0.15, -0.1) is 11.3 Å². The largest absolute Gasteiger partial charge is 0.350 e. The van der Waals surface area contributed by atoms with Crippen LogP contribution < -0.4 is 11.1 Å². The molecule has 1 rings (SSSR count). The molecule has 0 saturated heterocycles. The fourth-order valence-corrected chi connectivity index (χ4v) is 1.94. The summed E-state index contributed by atoms with van der Waals surface area (Å²) in [5, 5.41) is 4.80. The minimum absolute atomic E-state index is 0.112. The van der Waals surface area contributed by atoms with Gasteiger partial charge in [0.15, 0.2) is 0 Å². The summed E-state index contributed by atoms with van der Waals surface area (Å²) in [5.41, 5.74) is 8.09. The number of unbranched alkanes of at least 4 members (excludes halogenated alkanes) is 3. The number of carbonyl (C=O) groups is 1. The zero-order valence-electron chi connectivity index (χ0n) is 9.45. The van der Waals surface area contributed by atoms with Gasteiger partial charge in [-0.25, -0.2) is 4.98 Å². The van der Waals surface area contributed by atoms with Crippen molar-refractivity contribution in [1.29, 1.82) is 0 Å². The Kier molecular flexibility index (Phi) is 6.76. The van der Waals surface area contributed by atoms with Crippen molar-refractivity contribution >= 4 is 17.2 Å². The van der Waals surface area contributed by atoms with Crippen LogP contribution in [0.2, 0.25) is 0 Å². The highest BCUT2D eigenvalue weighted by Crippen LogP contribution is 2.03. The SMILES string of the molecule is NCCCCCCC(=O)NCc1cscn1. The molecule has 0 bridgehead atoms. The van der Waals surface area contributed by atoms with E-state index in [2.05, 4.69) is 10.3 Å². The van der Waals surface area contributed by atoms with E-state index in [0.717, 1.165) is 37.9 Å². The molecule has 1 aromatic rings. The van der Waals surface area contributed by atoms with Gasteiger partial charge in [-0.05, 0) is 19.4 Å². The number of amides is 1. The van der Waals surface area contributed by atoms with Crippen molar-refractivity contribution in [1.82, 2.24) is 10.3 Å². The van der Waals surface area contributed by atoms with E-state index in [0.29, 0.717) is 13.0 Å². The molecular formula is C11H19N3OS. The summed E-state index contributed by atoms with van der Waals surface area (Å²) in [6, 6.07) is 0. The molecule has 0 aromatic carbocycles. The maximum Gasteiger partial charge on any atom is 0.220 e. The lowest BCUT2D eigenvalue weighted by atomic mass is 10.1. The van der Waals surface area contributed by atoms with Crippen molar-refractivity contribution in [2.75, 3.05) is 6.54 Å². The number of nitrogens with one attached hydrogen (secondary N) is 1. The van der Waals surface area contributed by atoms with Crippen molar-refractivity contribution in [3.05, 3.63) is 16.6 Å². The molecule has 0 atom stereocenters. The first kappa shape index (κ1) is 13.1. The Hall–Kier alpha value is -0.940. The maximum absolute atomic E-state index is 11.4. The minimum atomic E-state index is 0.112. The van der Waals surface area contributed by atoms with Crippen molar-refractivity contribution in [3.8, 4) is 0 Å². The van der Waals surface area contributed by atoms with Gasteiger partial charge in [-0.2, -0.15) is 0 Å². The summed E-state index contributed by atoms with van der Waals surface area (Å²) < 4.78 is 0. The van der Waals surface area contributed by atoms with Crippen LogP contribution >= 0.6 is 11.3 Å². The van der Waals surface area contributed by atoms with Gasteiger partial charge in [0.2, 0.25) is 5.91 Å². The third-order valence-electron chi connectivity index (χ3n) is 2.31. The second kappa shape index (κ2) is 8.24. The molecule has 0 unspecified atom stereocenters. The highest BCUT2D eigenvalue weighted by molar-refractivity contribution is 7.07. The maximum atomic E-state index is 11.4. The van der Waals surface area contributed by atoms with E-state index in [-0.39, 0.29) is 5.91 Å². The van der Waals surface area contributed by atoms with Crippen LogP contribution in [0, 0.1) is 0 Å². The van der Waals surface area contributed by atoms with E-state index in [1.807, 2.05) is 5.38 Å². The summed E-state index contributed by atoms with van der Waals surface area (Å²) in [4.78, 5) is 15.5. The lowest BCUT2D eigenvalue weighted by molar-refractivity contribution is -0.121. The standard InChI is InChI=1S/C11H19N3OS/c12-6-4-2-1-3-5-11(15)13-7-10-8-16-9-14-10/h8-9H,1-7,12H2,(H,13,15). The van der Waals surface area contributed by atoms with Crippen LogP contribution in [-0.2, 0) is 11.3 Å². The molecule has 0 aliphatic heterocycles. The Morgan fingerprint density at radius 1 is 1.38 bits per heavy atom. The van der Waals surface area contributed by atoms with E-state index < -0.39 is 0 Å². The molecular weight excluding hydrogens is 222 g/mol. The minimum Gasteiger partial charge on any atom is -0.350 e. The quantitative estimate of drug-likeness (QED) is 0.680. The van der Waals surface area contributed by atoms with Gasteiger partial charge < -0.3 is 11.1 Å². The zero-order chi connectivity index (χ0) is 11.6. The molecule has 0 fully saturated rings. The first-order chi connectivity index (χ1) is 7.83. The lowest BCUT2D eigenvalue weighted by Crippen LogP contribution is -2.22. The monoisotopic (exact) mass is 241 g/mol. The smallest absolute Gasteiger partial charge is 0.220 e. The molecule has 1 heterocycles. The number of carbonyl (C=O) groups excluding carboxylic acids is 1. The number of hydrogen-bond donors (Lipinski definition) is 2. The average molecular weight is 241 g/mol. The molecule has 0 spiro atoms. The summed E-state index contributed by atoms with van der Waals surface area (Å²) in [6.07, 6.45) is 4.81. The van der Waals surface area contributed by atoms with Gasteiger partial charge in [-0.3, -0.25) is 4.79 Å². The molecule has 1 aromatic heterocycles. The molecule has 4 nitrogen and oxygen atoms in total. The second-order valence-electron chi connectivity index (χ2n) is 3.71. The Morgan fingerprint density at radius 3 is 2.88 bits per heavy atom. The van der Waals surface area contributed by atoms with Crippen LogP contribution in [0.1, 0.15) is 37.8 Å². The zero-order valence-corrected chi connectivity index (χ0v) is 10.3. The van der Waals surface area contributed by atoms with E-state index in [4.69, 9.17) is 5.73 Å². The Labute approximate surface area is 100 Å². The number of hydrogen-bond acceptors (Lipinski definition) is 4. The third kappa shape index (κ3) is 5.82. The van der Waals surface area contributed by atoms with E-state index >= 15 is 0 Å². The van der Waals surface area contributed by atoms with E-state index in [1.165, 1.54) is 0 Å². The fourth-order valence-electron chi connectivity index (χ4n) is 1.39. The number of aromatic nitrogens is 1. The lowest BCUT2D eigenvalue weighted by Gasteiger charge is -2.03. The summed E-state index contributed by atoms with van der Waals surface area (Å²) in [7, 11) is 0. The topological polar surface area (TPSA) is 68.0 Å². The van der Waals surface area contributed by atoms with Crippen LogP contribution in [0.4, 0.5) is 0 Å². The average Bonchev–Trinajstić information content (AvgIpc) is 2.79. The first-order valence-electron chi connectivity index (χ1n) is 5.66. The van der Waals surface area contributed by atoms with Crippen LogP contribution in [0.5, 0.6) is 0 Å². The highest BCUT2D eigenvalue weighted by atomic mass is 32.1. The molecule has 0 saturated carbocycles. The summed E-state index contributed by atoms with van der Waals surface area (Å²) in [5.74, 6) is 0.112. The van der Waals surface area contributed by atoms with Crippen molar-refractivity contribution in [2.24, 2.45) is 5.73 Å². The summed E-state index contributed by atoms with van der Waals surface area (Å²) >= 11 is 1.54. The predicted molar refractivity (Wildman–Crippen MR) is 66.1 cm³/mol. The molecule has 1 amide bonds. The van der Waals surface area contributed by atoms with Gasteiger partial charge >= 0.3 is 0 Å². The predicted octanol–water partition coefficient (Wildman–Crippen LogP) is 1.67. The molecule has 0 aliphatic rings. The molecule has 3 N–H and O–H groups in total. The van der Waals surface area contributed by atoms with E-state index in [1.54, 1.807) is 16.8 Å². The molecule has 16 heavy (non-hydrogen) atoms. The van der Waals surface area contributed by atoms with Crippen molar-refractivity contribution in [3.63, 3.8) is 0 Å². The van der Waals surface area contributed by atoms with Crippen molar-refractivity contribution in [2.45, 2.75) is 38.6 Å². The number of thiazole rings is 1. The third-order valence-corrected chi connectivity index (χ3v) is 2.94. The Morgan fingerprint density at radius 2 is 2.19 bits per heavy atom. The first-order valence-corrected chi connectivity index (χ1v) is 6.61. The molecule has 90 valence electrons.